The van der Waals surface area contributed by atoms with E-state index in [0.29, 0.717) is 17.2 Å². The van der Waals surface area contributed by atoms with E-state index in [1.54, 1.807) is 31.2 Å². The third-order valence-corrected chi connectivity index (χ3v) is 6.22. The Kier molecular flexibility index (Phi) is 2.64. The van der Waals surface area contributed by atoms with E-state index in [9.17, 15) is 4.79 Å². The Morgan fingerprint density at radius 3 is 2.09 bits per heavy atom. The zero-order chi connectivity index (χ0) is 15.2. The topological polar surface area (TPSA) is 66.0 Å². The summed E-state index contributed by atoms with van der Waals surface area (Å²) in [7, 11) is -4.28. The molecule has 0 saturated carbocycles. The molecule has 1 atom stereocenters. The van der Waals surface area contributed by atoms with Gasteiger partial charge in [-0.25, -0.2) is 0 Å². The van der Waals surface area contributed by atoms with E-state index in [4.69, 9.17) is 18.1 Å². The van der Waals surface area contributed by atoms with Crippen molar-refractivity contribution in [3.05, 3.63) is 54.6 Å². The summed E-state index contributed by atoms with van der Waals surface area (Å²) in [6.07, 6.45) is 0. The molecule has 0 unspecified atom stereocenters. The molecule has 0 aromatic heterocycles. The van der Waals surface area contributed by atoms with Crippen molar-refractivity contribution in [2.75, 3.05) is 0 Å². The Balaban J connectivity index is 1.80. The van der Waals surface area contributed by atoms with Gasteiger partial charge in [0.1, 0.15) is 0 Å². The molecule has 2 aliphatic rings. The molecule has 1 N–H and O–H groups in total. The summed E-state index contributed by atoms with van der Waals surface area (Å²) in [5, 5.41) is 2.98. The number of para-hydroxylation sites is 3. The predicted molar refractivity (Wildman–Crippen MR) is 80.4 cm³/mol. The molecule has 0 amide bonds. The Labute approximate surface area is 127 Å². The van der Waals surface area contributed by atoms with Crippen LogP contribution in [0.3, 0.4) is 0 Å². The van der Waals surface area contributed by atoms with Crippen LogP contribution < -0.4 is 18.7 Å². The van der Waals surface area contributed by atoms with Gasteiger partial charge in [0.05, 0.1) is 0 Å². The van der Waals surface area contributed by atoms with Crippen LogP contribution in [-0.4, -0.2) is 12.0 Å². The van der Waals surface area contributed by atoms with E-state index in [-0.39, 0.29) is 0 Å². The summed E-state index contributed by atoms with van der Waals surface area (Å²) in [5.41, 5.74) is 0. The van der Waals surface area contributed by atoms with Gasteiger partial charge in [-0.05, 0) is 0 Å². The van der Waals surface area contributed by atoms with Crippen LogP contribution in [0.5, 0.6) is 17.2 Å². The standard InChI is InChI=1S/C15H14NO5P/c1-11-15(17)21-22(16-11,18-12-7-3-2-4-8-12)19-13-9-5-6-10-14(13)20-22/h2-11,16H,1H3/t11-/m1/s1. The van der Waals surface area contributed by atoms with Crippen LogP contribution in [0.1, 0.15) is 6.92 Å². The molecule has 114 valence electrons. The first-order valence-corrected chi connectivity index (χ1v) is 8.78. The van der Waals surface area contributed by atoms with Crippen molar-refractivity contribution in [3.8, 4) is 17.2 Å². The quantitative estimate of drug-likeness (QED) is 0.858. The summed E-state index contributed by atoms with van der Waals surface area (Å²) >= 11 is 0. The molecule has 1 spiro atoms. The SMILES string of the molecule is C[C@H]1NP2(Oc3ccccc3)(OC1=O)Oc1ccccc1O2. The number of benzene rings is 2. The molecule has 2 aliphatic heterocycles. The van der Waals surface area contributed by atoms with Gasteiger partial charge in [-0.2, -0.15) is 0 Å². The monoisotopic (exact) mass is 319 g/mol. The van der Waals surface area contributed by atoms with Gasteiger partial charge in [-0.1, -0.05) is 0 Å². The summed E-state index contributed by atoms with van der Waals surface area (Å²) in [4.78, 5) is 12.0. The molecular weight excluding hydrogens is 305 g/mol. The zero-order valence-corrected chi connectivity index (χ0v) is 12.7. The van der Waals surface area contributed by atoms with Crippen molar-refractivity contribution in [3.63, 3.8) is 0 Å². The molecule has 2 aromatic carbocycles. The van der Waals surface area contributed by atoms with Gasteiger partial charge >= 0.3 is 126 Å². The Hall–Kier alpha value is -2.30. The molecule has 22 heavy (non-hydrogen) atoms. The number of carbonyl (C=O) groups excluding carboxylic acids is 1. The third kappa shape index (κ3) is 1.92. The van der Waals surface area contributed by atoms with Crippen LogP contribution in [0.25, 0.3) is 0 Å². The van der Waals surface area contributed by atoms with Crippen molar-refractivity contribution in [1.29, 1.82) is 0 Å². The summed E-state index contributed by atoms with van der Waals surface area (Å²) in [6.45, 7) is 1.67. The first-order valence-electron chi connectivity index (χ1n) is 6.87. The average Bonchev–Trinajstić information content (AvgIpc) is 2.93. The minimum absolute atomic E-state index is 0.471. The van der Waals surface area contributed by atoms with E-state index >= 15 is 0 Å². The fraction of sp³-hybridized carbons (Fsp3) is 0.133. The van der Waals surface area contributed by atoms with Crippen LogP contribution >= 0.6 is 7.66 Å². The second-order valence-electron chi connectivity index (χ2n) is 5.11. The van der Waals surface area contributed by atoms with E-state index in [1.807, 2.05) is 30.3 Å². The van der Waals surface area contributed by atoms with Gasteiger partial charge in [-0.3, -0.25) is 0 Å². The zero-order valence-electron chi connectivity index (χ0n) is 11.8. The second kappa shape index (κ2) is 4.35. The van der Waals surface area contributed by atoms with Gasteiger partial charge in [0.15, 0.2) is 0 Å². The van der Waals surface area contributed by atoms with E-state index < -0.39 is 19.7 Å². The first kappa shape index (κ1) is 13.4. The molecule has 2 heterocycles. The number of carbonyl (C=O) groups is 1. The number of hydrogen-bond donors (Lipinski definition) is 1. The average molecular weight is 319 g/mol. The van der Waals surface area contributed by atoms with Crippen LogP contribution in [0.15, 0.2) is 54.6 Å². The normalized spacial score (nSPS) is 25.2. The van der Waals surface area contributed by atoms with Gasteiger partial charge < -0.3 is 0 Å². The van der Waals surface area contributed by atoms with Crippen LogP contribution in [0.2, 0.25) is 0 Å². The number of nitrogens with one attached hydrogen (secondary N) is 1. The fourth-order valence-electron chi connectivity index (χ4n) is 2.42. The maximum atomic E-state index is 12.0. The molecule has 0 bridgehead atoms. The number of rotatable bonds is 2. The molecule has 1 fully saturated rings. The molecular formula is C15H14NO5P. The molecule has 0 aliphatic carbocycles. The van der Waals surface area contributed by atoms with Gasteiger partial charge in [-0.15, -0.1) is 0 Å². The molecule has 4 rings (SSSR count). The number of fused-ring (bicyclic) bond motifs is 1. The van der Waals surface area contributed by atoms with Crippen molar-refractivity contribution in [2.45, 2.75) is 13.0 Å². The molecule has 0 radical (unpaired) electrons. The van der Waals surface area contributed by atoms with E-state index in [2.05, 4.69) is 5.09 Å². The first-order chi connectivity index (χ1) is 10.6. The Morgan fingerprint density at radius 1 is 0.955 bits per heavy atom. The van der Waals surface area contributed by atoms with E-state index in [0.717, 1.165) is 0 Å². The molecule has 6 nitrogen and oxygen atoms in total. The Morgan fingerprint density at radius 2 is 1.55 bits per heavy atom. The minimum atomic E-state index is -4.28. The molecule has 1 saturated heterocycles. The summed E-state index contributed by atoms with van der Waals surface area (Å²) < 4.78 is 23.3. The van der Waals surface area contributed by atoms with Gasteiger partial charge in [0.2, 0.25) is 0 Å². The maximum absolute atomic E-state index is 12.0. The van der Waals surface area contributed by atoms with Crippen LogP contribution in [0, 0.1) is 0 Å². The summed E-state index contributed by atoms with van der Waals surface area (Å²) in [5.74, 6) is 0.972. The third-order valence-electron chi connectivity index (χ3n) is 3.37. The van der Waals surface area contributed by atoms with Gasteiger partial charge in [0, 0.05) is 0 Å². The van der Waals surface area contributed by atoms with E-state index in [1.165, 1.54) is 0 Å². The van der Waals surface area contributed by atoms with Crippen molar-refractivity contribution in [1.82, 2.24) is 5.09 Å². The van der Waals surface area contributed by atoms with Crippen molar-refractivity contribution >= 4 is 13.6 Å². The van der Waals surface area contributed by atoms with Crippen LogP contribution in [-0.2, 0) is 9.32 Å². The molecule has 2 aromatic rings. The summed E-state index contributed by atoms with van der Waals surface area (Å²) in [6, 6.07) is 15.5. The Bertz CT molecular complexity index is 726. The van der Waals surface area contributed by atoms with Gasteiger partial charge in [0.25, 0.3) is 0 Å². The fourth-order valence-corrected chi connectivity index (χ4v) is 5.53. The second-order valence-corrected chi connectivity index (χ2v) is 7.72. The predicted octanol–water partition coefficient (Wildman–Crippen LogP) is 3.20. The van der Waals surface area contributed by atoms with Crippen molar-refractivity contribution in [2.24, 2.45) is 0 Å². The van der Waals surface area contributed by atoms with Crippen molar-refractivity contribution < 1.29 is 22.9 Å². The molecule has 7 heteroatoms. The van der Waals surface area contributed by atoms with Crippen LogP contribution in [0.4, 0.5) is 0 Å². The number of hydrogen-bond acceptors (Lipinski definition) is 6.